The second-order valence-electron chi connectivity index (χ2n) is 6.52. The number of unbranched alkanes of at least 4 members (excludes halogenated alkanes) is 7. The second-order valence-corrected chi connectivity index (χ2v) is 7.37. The average Bonchev–Trinajstić information content (AvgIpc) is 2.89. The van der Waals surface area contributed by atoms with Gasteiger partial charge in [0.25, 0.3) is 0 Å². The van der Waals surface area contributed by atoms with Crippen LogP contribution in [0.5, 0.6) is 0 Å². The number of carboxylic acid groups (broad SMARTS) is 1. The van der Waals surface area contributed by atoms with Crippen LogP contribution >= 0.6 is 11.8 Å². The molecule has 0 bridgehead atoms. The summed E-state index contributed by atoms with van der Waals surface area (Å²) in [6.45, 7) is 2.22. The van der Waals surface area contributed by atoms with Gasteiger partial charge in [-0.1, -0.05) is 56.9 Å². The Bertz CT molecular complexity index is 517. The summed E-state index contributed by atoms with van der Waals surface area (Å²) in [4.78, 5) is 23.8. The van der Waals surface area contributed by atoms with E-state index in [4.69, 9.17) is 5.11 Å². The minimum absolute atomic E-state index is 0.111. The van der Waals surface area contributed by atoms with Crippen LogP contribution in [-0.2, 0) is 9.59 Å². The van der Waals surface area contributed by atoms with Crippen molar-refractivity contribution in [1.82, 2.24) is 0 Å². The SMILES string of the molecule is CCCCCC/C=C/C1C=C(SC)C(=O)/C1=C\CCCCCC(=O)O. The Kier molecular flexibility index (Phi) is 11.3. The first-order valence-electron chi connectivity index (χ1n) is 9.49. The number of allylic oxidation sites excluding steroid dienone is 6. The minimum atomic E-state index is -0.734. The Morgan fingerprint density at radius 1 is 1.16 bits per heavy atom. The molecule has 1 N–H and O–H groups in total. The Morgan fingerprint density at radius 2 is 1.88 bits per heavy atom. The van der Waals surface area contributed by atoms with Crippen LogP contribution in [-0.4, -0.2) is 23.1 Å². The normalized spacial score (nSPS) is 19.1. The molecule has 0 heterocycles. The highest BCUT2D eigenvalue weighted by molar-refractivity contribution is 8.03. The Hall–Kier alpha value is -1.29. The maximum atomic E-state index is 12.5. The molecule has 0 saturated carbocycles. The van der Waals surface area contributed by atoms with E-state index in [0.717, 1.165) is 36.2 Å². The molecule has 1 aliphatic rings. The van der Waals surface area contributed by atoms with Crippen molar-refractivity contribution >= 4 is 23.5 Å². The first-order valence-corrected chi connectivity index (χ1v) is 10.7. The lowest BCUT2D eigenvalue weighted by atomic mass is 9.98. The molecule has 0 amide bonds. The summed E-state index contributed by atoms with van der Waals surface area (Å²) in [5.41, 5.74) is 0.896. The van der Waals surface area contributed by atoms with Gasteiger partial charge in [0.2, 0.25) is 0 Å². The van der Waals surface area contributed by atoms with Crippen molar-refractivity contribution in [2.45, 2.75) is 71.1 Å². The number of carbonyl (C=O) groups excluding carboxylic acids is 1. The molecule has 0 aromatic rings. The van der Waals surface area contributed by atoms with E-state index in [-0.39, 0.29) is 18.1 Å². The smallest absolute Gasteiger partial charge is 0.303 e. The van der Waals surface area contributed by atoms with E-state index >= 15 is 0 Å². The van der Waals surface area contributed by atoms with Gasteiger partial charge in [0.05, 0.1) is 4.91 Å². The summed E-state index contributed by atoms with van der Waals surface area (Å²) in [5.74, 6) is -0.457. The fourth-order valence-electron chi connectivity index (χ4n) is 2.96. The molecule has 0 saturated heterocycles. The monoisotopic (exact) mass is 364 g/mol. The molecule has 1 atom stereocenters. The third kappa shape index (κ3) is 8.57. The van der Waals surface area contributed by atoms with Crippen LogP contribution in [0.3, 0.4) is 0 Å². The summed E-state index contributed by atoms with van der Waals surface area (Å²) in [6, 6.07) is 0. The van der Waals surface area contributed by atoms with E-state index in [2.05, 4.69) is 31.2 Å². The van der Waals surface area contributed by atoms with Gasteiger partial charge < -0.3 is 5.11 Å². The quantitative estimate of drug-likeness (QED) is 0.250. The van der Waals surface area contributed by atoms with Crippen molar-refractivity contribution in [3.05, 3.63) is 34.8 Å². The molecule has 0 fully saturated rings. The Labute approximate surface area is 156 Å². The Morgan fingerprint density at radius 3 is 2.56 bits per heavy atom. The average molecular weight is 365 g/mol. The summed E-state index contributed by atoms with van der Waals surface area (Å²) < 4.78 is 0. The zero-order valence-corrected chi connectivity index (χ0v) is 16.4. The van der Waals surface area contributed by atoms with Crippen molar-refractivity contribution in [2.75, 3.05) is 6.26 Å². The molecular weight excluding hydrogens is 332 g/mol. The molecule has 0 aromatic carbocycles. The molecule has 0 aromatic heterocycles. The van der Waals surface area contributed by atoms with Crippen molar-refractivity contribution < 1.29 is 14.7 Å². The molecule has 0 aliphatic heterocycles. The number of carbonyl (C=O) groups is 2. The number of carboxylic acids is 1. The topological polar surface area (TPSA) is 54.4 Å². The van der Waals surface area contributed by atoms with Crippen molar-refractivity contribution in [3.63, 3.8) is 0 Å². The molecule has 1 aliphatic carbocycles. The number of rotatable bonds is 13. The highest BCUT2D eigenvalue weighted by atomic mass is 32.2. The Balaban J connectivity index is 2.49. The van der Waals surface area contributed by atoms with E-state index < -0.39 is 5.97 Å². The molecule has 0 radical (unpaired) electrons. The maximum absolute atomic E-state index is 12.5. The van der Waals surface area contributed by atoms with E-state index in [1.165, 1.54) is 37.4 Å². The largest absolute Gasteiger partial charge is 0.481 e. The molecule has 4 heteroatoms. The van der Waals surface area contributed by atoms with E-state index in [1.807, 2.05) is 6.26 Å². The number of hydrogen-bond acceptors (Lipinski definition) is 3. The summed E-state index contributed by atoms with van der Waals surface area (Å²) >= 11 is 1.52. The van der Waals surface area contributed by atoms with E-state index in [1.54, 1.807) is 0 Å². The summed E-state index contributed by atoms with van der Waals surface area (Å²) in [5, 5.41) is 8.65. The van der Waals surface area contributed by atoms with Crippen LogP contribution in [0.15, 0.2) is 34.8 Å². The van der Waals surface area contributed by atoms with Gasteiger partial charge in [0, 0.05) is 17.9 Å². The highest BCUT2D eigenvalue weighted by Gasteiger charge is 2.27. The van der Waals surface area contributed by atoms with Gasteiger partial charge in [0.15, 0.2) is 5.78 Å². The number of aliphatic carboxylic acids is 1. The van der Waals surface area contributed by atoms with Crippen molar-refractivity contribution in [3.8, 4) is 0 Å². The van der Waals surface area contributed by atoms with Gasteiger partial charge in [-0.25, -0.2) is 0 Å². The molecule has 1 unspecified atom stereocenters. The number of hydrogen-bond donors (Lipinski definition) is 1. The van der Waals surface area contributed by atoms with E-state index in [0.29, 0.717) is 6.42 Å². The standard InChI is InChI=1S/C21H32O3S/c1-3-4-5-6-7-10-13-17-16-19(25-2)21(24)18(17)14-11-8-9-12-15-20(22)23/h10,13-14,16-17H,3-9,11-12,15H2,1-2H3,(H,22,23)/b13-10+,18-14-. The van der Waals surface area contributed by atoms with Gasteiger partial charge in [-0.15, -0.1) is 11.8 Å². The van der Waals surface area contributed by atoms with Crippen LogP contribution in [0.25, 0.3) is 0 Å². The highest BCUT2D eigenvalue weighted by Crippen LogP contribution is 2.33. The van der Waals surface area contributed by atoms with Gasteiger partial charge in [-0.2, -0.15) is 0 Å². The van der Waals surface area contributed by atoms with Gasteiger partial charge in [-0.05, 0) is 38.4 Å². The number of ketones is 1. The summed E-state index contributed by atoms with van der Waals surface area (Å²) in [6.07, 6.45) is 20.2. The first kappa shape index (κ1) is 21.8. The molecule has 0 spiro atoms. The van der Waals surface area contributed by atoms with Gasteiger partial charge in [0.1, 0.15) is 0 Å². The van der Waals surface area contributed by atoms with Gasteiger partial charge in [-0.3, -0.25) is 9.59 Å². The number of thioether (sulfide) groups is 1. The van der Waals surface area contributed by atoms with Crippen LogP contribution in [0.1, 0.15) is 71.1 Å². The zero-order chi connectivity index (χ0) is 18.5. The fourth-order valence-corrected chi connectivity index (χ4v) is 3.54. The molecular formula is C21H32O3S. The second kappa shape index (κ2) is 13.0. The fraction of sp³-hybridized carbons (Fsp3) is 0.619. The van der Waals surface area contributed by atoms with Crippen LogP contribution in [0.2, 0.25) is 0 Å². The zero-order valence-electron chi connectivity index (χ0n) is 15.6. The molecule has 25 heavy (non-hydrogen) atoms. The van der Waals surface area contributed by atoms with Gasteiger partial charge >= 0.3 is 5.97 Å². The van der Waals surface area contributed by atoms with E-state index in [9.17, 15) is 9.59 Å². The van der Waals surface area contributed by atoms with Crippen LogP contribution in [0, 0.1) is 5.92 Å². The third-order valence-corrected chi connectivity index (χ3v) is 5.18. The minimum Gasteiger partial charge on any atom is -0.481 e. The van der Waals surface area contributed by atoms with Crippen LogP contribution < -0.4 is 0 Å². The number of Topliss-reactive ketones (excluding diaryl/α,β-unsaturated/α-hetero) is 1. The van der Waals surface area contributed by atoms with Crippen molar-refractivity contribution in [1.29, 1.82) is 0 Å². The third-order valence-electron chi connectivity index (χ3n) is 4.42. The summed E-state index contributed by atoms with van der Waals surface area (Å²) in [7, 11) is 0. The molecule has 140 valence electrons. The van der Waals surface area contributed by atoms with Crippen molar-refractivity contribution in [2.24, 2.45) is 5.92 Å². The predicted molar refractivity (Wildman–Crippen MR) is 107 cm³/mol. The molecule has 3 nitrogen and oxygen atoms in total. The van der Waals surface area contributed by atoms with Crippen LogP contribution in [0.4, 0.5) is 0 Å². The molecule has 1 rings (SSSR count). The maximum Gasteiger partial charge on any atom is 0.303 e. The lowest BCUT2D eigenvalue weighted by molar-refractivity contribution is -0.137. The lowest BCUT2D eigenvalue weighted by Crippen LogP contribution is -2.02. The predicted octanol–water partition coefficient (Wildman–Crippen LogP) is 5.92. The first-order chi connectivity index (χ1) is 12.1. The lowest BCUT2D eigenvalue weighted by Gasteiger charge is -2.05.